The van der Waals surface area contributed by atoms with Gasteiger partial charge in [-0.1, -0.05) is 36.4 Å². The van der Waals surface area contributed by atoms with E-state index in [0.29, 0.717) is 13.2 Å². The summed E-state index contributed by atoms with van der Waals surface area (Å²) in [6.07, 6.45) is 10.5. The first-order valence-corrected chi connectivity index (χ1v) is 13.6. The first kappa shape index (κ1) is 26.3. The number of rotatable bonds is 8. The van der Waals surface area contributed by atoms with Gasteiger partial charge >= 0.3 is 0 Å². The maximum atomic E-state index is 6.40. The Morgan fingerprint density at radius 3 is 2.03 bits per heavy atom. The standard InChI is InChI=1S/C35H36NO3/c1-6-37-28-19-15-25(16-20-28)27-23-30(39-33(24-27)26-17-21-29(22-18-26)38-7-2)11-10-14-34-35(3,4)31-12-8-9-13-32(31)36(34)5/h8-24H,6-7H2,1-5H3/q+1/b14-10-,30-11-. The van der Waals surface area contributed by atoms with Crippen LogP contribution in [-0.2, 0) is 10.2 Å². The molecule has 0 spiro atoms. The summed E-state index contributed by atoms with van der Waals surface area (Å²) in [5, 5.41) is 0. The summed E-state index contributed by atoms with van der Waals surface area (Å²) in [4.78, 5) is 0. The number of nitrogens with zero attached hydrogens (tertiary/aromatic N) is 1. The zero-order valence-corrected chi connectivity index (χ0v) is 23.4. The molecule has 0 unspecified atom stereocenters. The molecule has 5 rings (SSSR count). The summed E-state index contributed by atoms with van der Waals surface area (Å²) in [7, 11) is 2.13. The van der Waals surface area contributed by atoms with Gasteiger partial charge in [-0.3, -0.25) is 0 Å². The van der Waals surface area contributed by atoms with Crippen molar-refractivity contribution < 1.29 is 18.8 Å². The third-order valence-electron chi connectivity index (χ3n) is 7.22. The molecule has 0 saturated heterocycles. The number of fused-ring (bicyclic) bond motifs is 1. The van der Waals surface area contributed by atoms with Crippen LogP contribution in [0.25, 0.3) is 11.3 Å². The number of benzene rings is 3. The molecule has 198 valence electrons. The lowest BCUT2D eigenvalue weighted by Crippen LogP contribution is -2.26. The van der Waals surface area contributed by atoms with E-state index in [1.807, 2.05) is 56.3 Å². The lowest BCUT2D eigenvalue weighted by Gasteiger charge is -2.19. The van der Waals surface area contributed by atoms with Crippen LogP contribution in [0.3, 0.4) is 0 Å². The third-order valence-corrected chi connectivity index (χ3v) is 7.22. The van der Waals surface area contributed by atoms with Crippen molar-refractivity contribution in [1.29, 1.82) is 0 Å². The minimum Gasteiger partial charge on any atom is -0.494 e. The number of allylic oxidation sites excluding steroid dienone is 6. The Labute approximate surface area is 231 Å². The van der Waals surface area contributed by atoms with Crippen molar-refractivity contribution in [3.63, 3.8) is 0 Å². The van der Waals surface area contributed by atoms with Gasteiger partial charge in [-0.2, -0.15) is 4.58 Å². The molecule has 3 aromatic rings. The van der Waals surface area contributed by atoms with Crippen molar-refractivity contribution in [1.82, 2.24) is 0 Å². The molecule has 4 nitrogen and oxygen atoms in total. The van der Waals surface area contributed by atoms with Crippen LogP contribution in [0.15, 0.2) is 109 Å². The second-order valence-corrected chi connectivity index (χ2v) is 10.1. The largest absolute Gasteiger partial charge is 0.494 e. The number of para-hydroxylation sites is 1. The van der Waals surface area contributed by atoms with Crippen LogP contribution in [0.2, 0.25) is 0 Å². The van der Waals surface area contributed by atoms with Crippen LogP contribution in [0, 0.1) is 0 Å². The highest BCUT2D eigenvalue weighted by Gasteiger charge is 2.42. The molecule has 0 N–H and O–H groups in total. The fourth-order valence-electron chi connectivity index (χ4n) is 5.24. The topological polar surface area (TPSA) is 30.7 Å². The normalized spacial score (nSPS) is 17.1. The Morgan fingerprint density at radius 2 is 1.41 bits per heavy atom. The quantitative estimate of drug-likeness (QED) is 0.282. The Hall–Kier alpha value is -4.31. The molecule has 2 aliphatic rings. The van der Waals surface area contributed by atoms with Gasteiger partial charge in [0.25, 0.3) is 0 Å². The smallest absolute Gasteiger partial charge is 0.209 e. The predicted octanol–water partition coefficient (Wildman–Crippen LogP) is 8.09. The lowest BCUT2D eigenvalue weighted by molar-refractivity contribution is -0.401. The Morgan fingerprint density at radius 1 is 0.795 bits per heavy atom. The summed E-state index contributed by atoms with van der Waals surface area (Å²) in [5.41, 5.74) is 6.92. The van der Waals surface area contributed by atoms with Gasteiger partial charge in [0.2, 0.25) is 5.69 Å². The molecule has 3 aromatic carbocycles. The summed E-state index contributed by atoms with van der Waals surface area (Å²) < 4.78 is 19.9. The maximum Gasteiger partial charge on any atom is 0.209 e. The van der Waals surface area contributed by atoms with Crippen LogP contribution in [0.4, 0.5) is 5.69 Å². The summed E-state index contributed by atoms with van der Waals surface area (Å²) >= 11 is 0. The van der Waals surface area contributed by atoms with Gasteiger partial charge in [-0.25, -0.2) is 0 Å². The average Bonchev–Trinajstić information content (AvgIpc) is 3.14. The van der Waals surface area contributed by atoms with E-state index in [9.17, 15) is 0 Å². The zero-order valence-electron chi connectivity index (χ0n) is 23.4. The van der Waals surface area contributed by atoms with Crippen molar-refractivity contribution in [3.05, 3.63) is 126 Å². The van der Waals surface area contributed by atoms with Gasteiger partial charge in [0.15, 0.2) is 5.71 Å². The zero-order chi connectivity index (χ0) is 27.4. The van der Waals surface area contributed by atoms with Gasteiger partial charge < -0.3 is 14.2 Å². The Bertz CT molecular complexity index is 1500. The van der Waals surface area contributed by atoms with Gasteiger partial charge in [0.1, 0.15) is 30.1 Å². The lowest BCUT2D eigenvalue weighted by atomic mass is 9.81. The molecule has 2 aliphatic heterocycles. The van der Waals surface area contributed by atoms with Crippen molar-refractivity contribution in [2.75, 3.05) is 20.3 Å². The van der Waals surface area contributed by atoms with Crippen molar-refractivity contribution in [2.24, 2.45) is 0 Å². The molecule has 39 heavy (non-hydrogen) atoms. The predicted molar refractivity (Wildman–Crippen MR) is 160 cm³/mol. The first-order chi connectivity index (χ1) is 18.9. The van der Waals surface area contributed by atoms with E-state index in [-0.39, 0.29) is 5.41 Å². The molecule has 0 fully saturated rings. The van der Waals surface area contributed by atoms with Crippen molar-refractivity contribution in [3.8, 4) is 11.5 Å². The summed E-state index contributed by atoms with van der Waals surface area (Å²) in [6.45, 7) is 9.81. The molecule has 0 radical (unpaired) electrons. The monoisotopic (exact) mass is 518 g/mol. The SMILES string of the molecule is CCOc1ccc(C2=C/C(=C/C=C\C3=[N+](C)c4ccccc4C3(C)C)OC(c3ccc(OCC)cc3)=C2)cc1. The molecule has 0 saturated carbocycles. The fourth-order valence-corrected chi connectivity index (χ4v) is 5.24. The van der Waals surface area contributed by atoms with Gasteiger partial charge in [0, 0.05) is 23.3 Å². The highest BCUT2D eigenvalue weighted by molar-refractivity contribution is 6.03. The molecule has 0 amide bonds. The van der Waals surface area contributed by atoms with E-state index in [4.69, 9.17) is 14.2 Å². The van der Waals surface area contributed by atoms with Crippen molar-refractivity contribution in [2.45, 2.75) is 33.1 Å². The summed E-state index contributed by atoms with van der Waals surface area (Å²) in [6, 6.07) is 24.8. The Balaban J connectivity index is 1.47. The second-order valence-electron chi connectivity index (χ2n) is 10.1. The third kappa shape index (κ3) is 5.46. The molecule has 2 heterocycles. The molecule has 0 aliphatic carbocycles. The molecule has 0 aromatic heterocycles. The van der Waals surface area contributed by atoms with Crippen LogP contribution < -0.4 is 9.47 Å². The van der Waals surface area contributed by atoms with Crippen LogP contribution in [0.5, 0.6) is 11.5 Å². The Kier molecular flexibility index (Phi) is 7.56. The molecular formula is C35H36NO3+. The van der Waals surface area contributed by atoms with Crippen LogP contribution in [0.1, 0.15) is 44.4 Å². The number of ether oxygens (including phenoxy) is 3. The van der Waals surface area contributed by atoms with Crippen LogP contribution in [-0.4, -0.2) is 30.5 Å². The highest BCUT2D eigenvalue weighted by Crippen LogP contribution is 2.39. The minimum atomic E-state index is -0.0789. The van der Waals surface area contributed by atoms with Crippen molar-refractivity contribution >= 4 is 22.7 Å². The van der Waals surface area contributed by atoms with Crippen LogP contribution >= 0.6 is 0 Å². The number of hydrogen-bond donors (Lipinski definition) is 0. The van der Waals surface area contributed by atoms with E-state index in [1.165, 1.54) is 17.0 Å². The number of hydrogen-bond acceptors (Lipinski definition) is 3. The molecule has 4 heteroatoms. The van der Waals surface area contributed by atoms with Gasteiger partial charge in [-0.05, 0) is 93.5 Å². The minimum absolute atomic E-state index is 0.0789. The highest BCUT2D eigenvalue weighted by atomic mass is 16.5. The van der Waals surface area contributed by atoms with E-state index < -0.39 is 0 Å². The first-order valence-electron chi connectivity index (χ1n) is 13.6. The summed E-state index contributed by atoms with van der Waals surface area (Å²) in [5.74, 6) is 3.28. The molecular weight excluding hydrogens is 482 g/mol. The molecule has 0 bridgehead atoms. The van der Waals surface area contributed by atoms with Gasteiger partial charge in [-0.15, -0.1) is 0 Å². The second kappa shape index (κ2) is 11.2. The molecule has 0 atom stereocenters. The van der Waals surface area contributed by atoms with Gasteiger partial charge in [0.05, 0.1) is 18.6 Å². The van der Waals surface area contributed by atoms with E-state index in [1.54, 1.807) is 0 Å². The van der Waals surface area contributed by atoms with E-state index >= 15 is 0 Å². The average molecular weight is 519 g/mol. The van der Waals surface area contributed by atoms with E-state index in [2.05, 4.69) is 86.2 Å². The van der Waals surface area contributed by atoms with E-state index in [0.717, 1.165) is 39.7 Å². The fraction of sp³-hybridized carbons (Fsp3) is 0.229. The maximum absolute atomic E-state index is 6.40.